The molecule has 20 heavy (non-hydrogen) atoms. The maximum Gasteiger partial charge on any atom is 0.175 e. The van der Waals surface area contributed by atoms with Gasteiger partial charge in [-0.3, -0.25) is 0 Å². The summed E-state index contributed by atoms with van der Waals surface area (Å²) < 4.78 is 28.8. The summed E-state index contributed by atoms with van der Waals surface area (Å²) in [6, 6.07) is 13.7. The van der Waals surface area contributed by atoms with Gasteiger partial charge in [-0.2, -0.15) is 0 Å². The number of para-hydroxylation sites is 1. The quantitative estimate of drug-likeness (QED) is 0.940. The molecule has 5 heteroatoms. The van der Waals surface area contributed by atoms with Crippen molar-refractivity contribution in [3.05, 3.63) is 54.1 Å². The van der Waals surface area contributed by atoms with Crippen molar-refractivity contribution in [2.24, 2.45) is 5.73 Å². The van der Waals surface area contributed by atoms with Gasteiger partial charge in [-0.25, -0.2) is 8.42 Å². The molecule has 0 saturated carbocycles. The van der Waals surface area contributed by atoms with Crippen LogP contribution in [0.1, 0.15) is 18.5 Å². The van der Waals surface area contributed by atoms with Gasteiger partial charge in [-0.1, -0.05) is 24.3 Å². The van der Waals surface area contributed by atoms with Crippen LogP contribution >= 0.6 is 0 Å². The Balaban J connectivity index is 2.36. The molecule has 0 fully saturated rings. The van der Waals surface area contributed by atoms with E-state index in [-0.39, 0.29) is 10.9 Å². The Morgan fingerprint density at radius 3 is 2.45 bits per heavy atom. The number of benzene rings is 2. The molecule has 2 rings (SSSR count). The average Bonchev–Trinajstić information content (AvgIpc) is 2.38. The van der Waals surface area contributed by atoms with E-state index in [1.807, 2.05) is 31.2 Å². The van der Waals surface area contributed by atoms with E-state index in [4.69, 9.17) is 10.5 Å². The zero-order valence-electron chi connectivity index (χ0n) is 11.4. The van der Waals surface area contributed by atoms with E-state index in [1.165, 1.54) is 12.3 Å². The summed E-state index contributed by atoms with van der Waals surface area (Å²) in [6.45, 7) is 1.87. The first kappa shape index (κ1) is 14.6. The Bertz CT molecular complexity index is 709. The largest absolute Gasteiger partial charge is 0.457 e. The summed E-state index contributed by atoms with van der Waals surface area (Å²) >= 11 is 0. The third-order valence-electron chi connectivity index (χ3n) is 2.87. The second-order valence-electron chi connectivity index (χ2n) is 4.68. The summed E-state index contributed by atoms with van der Waals surface area (Å²) in [5, 5.41) is 0. The number of rotatable bonds is 4. The lowest BCUT2D eigenvalue weighted by atomic mass is 10.1. The molecule has 0 aliphatic heterocycles. The molecule has 0 aliphatic carbocycles. The minimum atomic E-state index is -3.25. The van der Waals surface area contributed by atoms with E-state index in [9.17, 15) is 8.42 Å². The lowest BCUT2D eigenvalue weighted by molar-refractivity contribution is 0.470. The van der Waals surface area contributed by atoms with Gasteiger partial charge in [-0.15, -0.1) is 0 Å². The van der Waals surface area contributed by atoms with Crippen LogP contribution in [-0.4, -0.2) is 14.7 Å². The molecule has 0 saturated heterocycles. The number of hydrogen-bond acceptors (Lipinski definition) is 4. The monoisotopic (exact) mass is 291 g/mol. The molecular formula is C15H17NO3S. The normalized spacial score (nSPS) is 12.9. The van der Waals surface area contributed by atoms with E-state index < -0.39 is 9.84 Å². The fourth-order valence-electron chi connectivity index (χ4n) is 1.84. The maximum absolute atomic E-state index is 11.5. The van der Waals surface area contributed by atoms with Gasteiger partial charge in [0.05, 0.1) is 4.90 Å². The number of nitrogens with two attached hydrogens (primary N) is 1. The highest BCUT2D eigenvalue weighted by molar-refractivity contribution is 7.90. The van der Waals surface area contributed by atoms with Crippen LogP contribution in [0.15, 0.2) is 53.4 Å². The van der Waals surface area contributed by atoms with Crippen molar-refractivity contribution in [1.82, 2.24) is 0 Å². The smallest absolute Gasteiger partial charge is 0.175 e. The van der Waals surface area contributed by atoms with Crippen molar-refractivity contribution >= 4 is 9.84 Å². The van der Waals surface area contributed by atoms with Crippen molar-refractivity contribution in [2.75, 3.05) is 6.26 Å². The predicted molar refractivity (Wildman–Crippen MR) is 78.7 cm³/mol. The number of sulfone groups is 1. The zero-order valence-corrected chi connectivity index (χ0v) is 12.2. The van der Waals surface area contributed by atoms with Crippen molar-refractivity contribution < 1.29 is 13.2 Å². The van der Waals surface area contributed by atoms with Crippen LogP contribution in [-0.2, 0) is 9.84 Å². The lowest BCUT2D eigenvalue weighted by Gasteiger charge is -2.13. The molecule has 0 radical (unpaired) electrons. The fraction of sp³-hybridized carbons (Fsp3) is 0.200. The average molecular weight is 291 g/mol. The first-order chi connectivity index (χ1) is 9.38. The SMILES string of the molecule is CC(N)c1ccccc1Oc1cccc(S(C)(=O)=O)c1. The first-order valence-electron chi connectivity index (χ1n) is 6.20. The Kier molecular flexibility index (Phi) is 4.11. The molecule has 4 nitrogen and oxygen atoms in total. The Morgan fingerprint density at radius 1 is 1.10 bits per heavy atom. The second-order valence-corrected chi connectivity index (χ2v) is 6.69. The predicted octanol–water partition coefficient (Wildman–Crippen LogP) is 2.90. The van der Waals surface area contributed by atoms with E-state index in [0.29, 0.717) is 11.5 Å². The molecule has 2 aromatic carbocycles. The van der Waals surface area contributed by atoms with Gasteiger partial charge in [0.15, 0.2) is 9.84 Å². The van der Waals surface area contributed by atoms with Gasteiger partial charge in [0, 0.05) is 17.9 Å². The molecule has 2 aromatic rings. The first-order valence-corrected chi connectivity index (χ1v) is 8.09. The second kappa shape index (κ2) is 5.64. The molecule has 1 unspecified atom stereocenters. The molecule has 106 valence electrons. The van der Waals surface area contributed by atoms with E-state index in [1.54, 1.807) is 18.2 Å². The fourth-order valence-corrected chi connectivity index (χ4v) is 2.50. The zero-order chi connectivity index (χ0) is 14.8. The summed E-state index contributed by atoms with van der Waals surface area (Å²) in [7, 11) is -3.25. The van der Waals surface area contributed by atoms with Gasteiger partial charge in [0.2, 0.25) is 0 Å². The highest BCUT2D eigenvalue weighted by Gasteiger charge is 2.11. The van der Waals surface area contributed by atoms with Crippen LogP contribution in [0, 0.1) is 0 Å². The summed E-state index contributed by atoms with van der Waals surface area (Å²) in [5.74, 6) is 1.11. The van der Waals surface area contributed by atoms with E-state index in [2.05, 4.69) is 0 Å². The highest BCUT2D eigenvalue weighted by Crippen LogP contribution is 2.29. The molecule has 0 heterocycles. The number of hydrogen-bond donors (Lipinski definition) is 1. The molecule has 0 amide bonds. The van der Waals surface area contributed by atoms with Gasteiger partial charge >= 0.3 is 0 Å². The molecule has 0 spiro atoms. The van der Waals surface area contributed by atoms with Gasteiger partial charge in [0.1, 0.15) is 11.5 Å². The van der Waals surface area contributed by atoms with Crippen LogP contribution in [0.3, 0.4) is 0 Å². The molecule has 0 bridgehead atoms. The highest BCUT2D eigenvalue weighted by atomic mass is 32.2. The van der Waals surface area contributed by atoms with Crippen LogP contribution in [0.5, 0.6) is 11.5 Å². The van der Waals surface area contributed by atoms with Gasteiger partial charge in [-0.05, 0) is 31.2 Å². The van der Waals surface area contributed by atoms with Crippen LogP contribution in [0.25, 0.3) is 0 Å². The summed E-state index contributed by atoms with van der Waals surface area (Å²) in [5.41, 5.74) is 6.76. The van der Waals surface area contributed by atoms with Crippen LogP contribution < -0.4 is 10.5 Å². The molecular weight excluding hydrogens is 274 g/mol. The van der Waals surface area contributed by atoms with E-state index in [0.717, 1.165) is 5.56 Å². The third-order valence-corrected chi connectivity index (χ3v) is 3.98. The van der Waals surface area contributed by atoms with Gasteiger partial charge < -0.3 is 10.5 Å². The standard InChI is InChI=1S/C15H17NO3S/c1-11(16)14-8-3-4-9-15(14)19-12-6-5-7-13(10-12)20(2,17)18/h3-11H,16H2,1-2H3. The molecule has 1 atom stereocenters. The topological polar surface area (TPSA) is 69.4 Å². The Morgan fingerprint density at radius 2 is 1.80 bits per heavy atom. The molecule has 2 N–H and O–H groups in total. The van der Waals surface area contributed by atoms with Crippen LogP contribution in [0.2, 0.25) is 0 Å². The molecule has 0 aromatic heterocycles. The third kappa shape index (κ3) is 3.37. The van der Waals surface area contributed by atoms with Crippen LogP contribution in [0.4, 0.5) is 0 Å². The summed E-state index contributed by atoms with van der Waals surface area (Å²) in [4.78, 5) is 0.230. The minimum absolute atomic E-state index is 0.163. The Hall–Kier alpha value is -1.85. The maximum atomic E-state index is 11.5. The lowest BCUT2D eigenvalue weighted by Crippen LogP contribution is -2.06. The molecule has 0 aliphatic rings. The minimum Gasteiger partial charge on any atom is -0.457 e. The van der Waals surface area contributed by atoms with Gasteiger partial charge in [0.25, 0.3) is 0 Å². The van der Waals surface area contributed by atoms with Crippen molar-refractivity contribution in [3.8, 4) is 11.5 Å². The Labute approximate surface area is 119 Å². The van der Waals surface area contributed by atoms with E-state index >= 15 is 0 Å². The number of ether oxygens (including phenoxy) is 1. The van der Waals surface area contributed by atoms with Crippen molar-refractivity contribution in [3.63, 3.8) is 0 Å². The summed E-state index contributed by atoms with van der Waals surface area (Å²) in [6.07, 6.45) is 1.17. The van der Waals surface area contributed by atoms with Crippen molar-refractivity contribution in [2.45, 2.75) is 17.9 Å². The van der Waals surface area contributed by atoms with Crippen molar-refractivity contribution in [1.29, 1.82) is 0 Å².